The summed E-state index contributed by atoms with van der Waals surface area (Å²) in [6.45, 7) is 4.20. The summed E-state index contributed by atoms with van der Waals surface area (Å²) in [5, 5.41) is 0.760. The fourth-order valence-electron chi connectivity index (χ4n) is 2.26. The smallest absolute Gasteiger partial charge is 0.0417 e. The zero-order valence-electron chi connectivity index (χ0n) is 8.98. The number of hydrogen-bond acceptors (Lipinski definition) is 1. The van der Waals surface area contributed by atoms with Crippen molar-refractivity contribution in [2.75, 3.05) is 0 Å². The Kier molecular flexibility index (Phi) is 2.65. The molecule has 1 saturated carbocycles. The number of hydrogen-bond donors (Lipinski definition) is 1. The van der Waals surface area contributed by atoms with E-state index >= 15 is 0 Å². The highest BCUT2D eigenvalue weighted by Gasteiger charge is 2.54. The van der Waals surface area contributed by atoms with Gasteiger partial charge in [-0.25, -0.2) is 0 Å². The Balaban J connectivity index is 2.47. The van der Waals surface area contributed by atoms with E-state index in [2.05, 4.69) is 35.8 Å². The lowest BCUT2D eigenvalue weighted by Crippen LogP contribution is -2.45. The van der Waals surface area contributed by atoms with Gasteiger partial charge in [-0.15, -0.1) is 0 Å². The minimum absolute atomic E-state index is 0.135. The van der Waals surface area contributed by atoms with Crippen LogP contribution in [0.5, 0.6) is 0 Å². The number of rotatable bonds is 2. The Morgan fingerprint density at radius 2 is 2.00 bits per heavy atom. The summed E-state index contributed by atoms with van der Waals surface area (Å²) in [4.78, 5) is 0. The molecule has 2 rings (SSSR count). The molecule has 0 atom stereocenters. The summed E-state index contributed by atoms with van der Waals surface area (Å²) in [7, 11) is 0. The van der Waals surface area contributed by atoms with Gasteiger partial charge in [0.15, 0.2) is 0 Å². The van der Waals surface area contributed by atoms with E-state index in [9.17, 15) is 0 Å². The van der Waals surface area contributed by atoms with E-state index in [1.165, 1.54) is 5.56 Å². The minimum Gasteiger partial charge on any atom is -0.325 e. The molecule has 1 aliphatic rings. The van der Waals surface area contributed by atoms with Crippen molar-refractivity contribution < 1.29 is 0 Å². The second-order valence-corrected chi connectivity index (χ2v) is 6.22. The van der Waals surface area contributed by atoms with E-state index in [4.69, 9.17) is 17.3 Å². The highest BCUT2D eigenvalue weighted by atomic mass is 79.9. The van der Waals surface area contributed by atoms with Crippen LogP contribution in [0.3, 0.4) is 0 Å². The van der Waals surface area contributed by atoms with Crippen LogP contribution >= 0.6 is 27.5 Å². The van der Waals surface area contributed by atoms with Gasteiger partial charge in [-0.05, 0) is 44.4 Å². The number of nitrogens with two attached hydrogens (primary N) is 1. The molecule has 0 heterocycles. The van der Waals surface area contributed by atoms with E-state index in [0.29, 0.717) is 0 Å². The summed E-state index contributed by atoms with van der Waals surface area (Å²) in [5.41, 5.74) is 7.51. The normalized spacial score (nSPS) is 19.0. The van der Waals surface area contributed by atoms with Crippen LogP contribution in [0.25, 0.3) is 0 Å². The molecule has 82 valence electrons. The van der Waals surface area contributed by atoms with Gasteiger partial charge in [0.2, 0.25) is 0 Å². The molecule has 0 radical (unpaired) electrons. The standard InChI is InChI=1S/C12H15BrClN/c1-11(2,15)12(5-6-12)9-4-3-8(14)7-10(9)13/h3-4,7H,5-6,15H2,1-2H3. The highest BCUT2D eigenvalue weighted by molar-refractivity contribution is 9.10. The zero-order valence-corrected chi connectivity index (χ0v) is 11.3. The van der Waals surface area contributed by atoms with Gasteiger partial charge in [-0.2, -0.15) is 0 Å². The van der Waals surface area contributed by atoms with E-state index < -0.39 is 0 Å². The van der Waals surface area contributed by atoms with Gasteiger partial charge >= 0.3 is 0 Å². The maximum atomic E-state index is 6.26. The third kappa shape index (κ3) is 1.83. The summed E-state index contributed by atoms with van der Waals surface area (Å²) < 4.78 is 1.08. The van der Waals surface area contributed by atoms with Crippen LogP contribution in [0.1, 0.15) is 32.3 Å². The average molecular weight is 289 g/mol. The first-order valence-corrected chi connectivity index (χ1v) is 6.28. The topological polar surface area (TPSA) is 26.0 Å². The minimum atomic E-state index is -0.177. The second-order valence-electron chi connectivity index (χ2n) is 4.93. The van der Waals surface area contributed by atoms with Gasteiger partial charge in [0, 0.05) is 20.4 Å². The fraction of sp³-hybridized carbons (Fsp3) is 0.500. The third-order valence-electron chi connectivity index (χ3n) is 3.43. The predicted octanol–water partition coefficient (Wildman–Crippen LogP) is 3.87. The van der Waals surface area contributed by atoms with Crippen molar-refractivity contribution in [3.05, 3.63) is 33.3 Å². The molecule has 0 unspecified atom stereocenters. The molecule has 1 nitrogen and oxygen atoms in total. The summed E-state index contributed by atoms with van der Waals surface area (Å²) in [6.07, 6.45) is 2.33. The molecular weight excluding hydrogens is 273 g/mol. The SMILES string of the molecule is CC(C)(N)C1(c2ccc(Cl)cc2Br)CC1. The maximum Gasteiger partial charge on any atom is 0.0417 e. The molecule has 15 heavy (non-hydrogen) atoms. The van der Waals surface area contributed by atoms with Crippen LogP contribution in [0.15, 0.2) is 22.7 Å². The van der Waals surface area contributed by atoms with E-state index in [-0.39, 0.29) is 11.0 Å². The van der Waals surface area contributed by atoms with E-state index in [1.54, 1.807) is 0 Å². The molecule has 0 spiro atoms. The highest BCUT2D eigenvalue weighted by Crippen LogP contribution is 2.56. The molecule has 0 aromatic heterocycles. The van der Waals surface area contributed by atoms with E-state index in [0.717, 1.165) is 22.3 Å². The molecule has 2 N–H and O–H groups in total. The Bertz CT molecular complexity index is 391. The average Bonchev–Trinajstić information content (AvgIpc) is 2.83. The van der Waals surface area contributed by atoms with Gasteiger partial charge in [-0.3, -0.25) is 0 Å². The fourth-order valence-corrected chi connectivity index (χ4v) is 3.33. The summed E-state index contributed by atoms with van der Waals surface area (Å²) >= 11 is 9.52. The molecular formula is C12H15BrClN. The van der Waals surface area contributed by atoms with Crippen LogP contribution < -0.4 is 5.73 Å². The Morgan fingerprint density at radius 3 is 2.40 bits per heavy atom. The lowest BCUT2D eigenvalue weighted by molar-refractivity contribution is 0.390. The molecule has 1 aromatic carbocycles. The molecule has 0 aliphatic heterocycles. The largest absolute Gasteiger partial charge is 0.325 e. The van der Waals surface area contributed by atoms with Gasteiger partial charge < -0.3 is 5.73 Å². The summed E-state index contributed by atoms with van der Waals surface area (Å²) in [6, 6.07) is 5.98. The molecule has 0 amide bonds. The summed E-state index contributed by atoms with van der Waals surface area (Å²) in [5.74, 6) is 0. The van der Waals surface area contributed by atoms with Crippen molar-refractivity contribution in [2.24, 2.45) is 5.73 Å². The van der Waals surface area contributed by atoms with E-state index in [1.807, 2.05) is 12.1 Å². The maximum absolute atomic E-state index is 6.26. The monoisotopic (exact) mass is 287 g/mol. The van der Waals surface area contributed by atoms with Crippen LogP contribution in [0.4, 0.5) is 0 Å². The third-order valence-corrected chi connectivity index (χ3v) is 4.32. The van der Waals surface area contributed by atoms with Crippen LogP contribution in [0, 0.1) is 0 Å². The van der Waals surface area contributed by atoms with Crippen molar-refractivity contribution in [1.29, 1.82) is 0 Å². The Hall–Kier alpha value is -0.0500. The first kappa shape index (κ1) is 11.4. The van der Waals surface area contributed by atoms with Crippen molar-refractivity contribution in [3.8, 4) is 0 Å². The van der Waals surface area contributed by atoms with Gasteiger partial charge in [0.25, 0.3) is 0 Å². The molecule has 3 heteroatoms. The van der Waals surface area contributed by atoms with Crippen LogP contribution in [-0.2, 0) is 5.41 Å². The second kappa shape index (κ2) is 3.47. The zero-order chi connectivity index (χ0) is 11.3. The van der Waals surface area contributed by atoms with Gasteiger partial charge in [0.1, 0.15) is 0 Å². The quantitative estimate of drug-likeness (QED) is 0.878. The number of halogens is 2. The first-order valence-electron chi connectivity index (χ1n) is 5.11. The van der Waals surface area contributed by atoms with Gasteiger partial charge in [0.05, 0.1) is 0 Å². The lowest BCUT2D eigenvalue weighted by atomic mass is 9.79. The van der Waals surface area contributed by atoms with Gasteiger partial charge in [-0.1, -0.05) is 33.6 Å². The Labute approximate surface area is 104 Å². The van der Waals surface area contributed by atoms with Crippen molar-refractivity contribution in [1.82, 2.24) is 0 Å². The molecule has 0 saturated heterocycles. The predicted molar refractivity (Wildman–Crippen MR) is 68.3 cm³/mol. The number of benzene rings is 1. The van der Waals surface area contributed by atoms with Crippen molar-refractivity contribution in [3.63, 3.8) is 0 Å². The lowest BCUT2D eigenvalue weighted by Gasteiger charge is -2.32. The van der Waals surface area contributed by atoms with Crippen LogP contribution in [0.2, 0.25) is 5.02 Å². The first-order chi connectivity index (χ1) is 6.87. The Morgan fingerprint density at radius 1 is 1.40 bits per heavy atom. The molecule has 1 fully saturated rings. The van der Waals surface area contributed by atoms with Crippen molar-refractivity contribution >= 4 is 27.5 Å². The molecule has 0 bridgehead atoms. The van der Waals surface area contributed by atoms with Crippen molar-refractivity contribution in [2.45, 2.75) is 37.6 Å². The molecule has 1 aromatic rings. The molecule has 1 aliphatic carbocycles. The van der Waals surface area contributed by atoms with Crippen LogP contribution in [-0.4, -0.2) is 5.54 Å².